The molecule has 8 nitrogen and oxygen atoms in total. The molecule has 0 aromatic heterocycles. The molecule has 1 amide bonds. The number of carbonyl (C=O) groups is 2. The standard InChI is InChI=1S/C14H16N2O6/c1-2-22-11-5-4-9(8-10(11)16(20)21)12(17)15-14(13(18)19)6-3-7-14/h4-5,8H,2-3,6-7H2,1H3,(H,15,17)(H,18,19). The first-order valence-electron chi connectivity index (χ1n) is 6.87. The zero-order valence-electron chi connectivity index (χ0n) is 12.0. The molecule has 1 saturated carbocycles. The zero-order valence-corrected chi connectivity index (χ0v) is 12.0. The monoisotopic (exact) mass is 308 g/mol. The maximum atomic E-state index is 12.2. The minimum absolute atomic E-state index is 0.0303. The molecule has 1 aromatic rings. The van der Waals surface area contributed by atoms with E-state index in [1.807, 2.05) is 0 Å². The lowest BCUT2D eigenvalue weighted by molar-refractivity contribution is -0.385. The van der Waals surface area contributed by atoms with Gasteiger partial charge in [-0.3, -0.25) is 14.9 Å². The molecular formula is C14H16N2O6. The van der Waals surface area contributed by atoms with Gasteiger partial charge in [0, 0.05) is 11.6 Å². The van der Waals surface area contributed by atoms with Gasteiger partial charge in [0.05, 0.1) is 11.5 Å². The van der Waals surface area contributed by atoms with Crippen LogP contribution in [0.15, 0.2) is 18.2 Å². The van der Waals surface area contributed by atoms with Crippen molar-refractivity contribution in [3.8, 4) is 5.75 Å². The first-order chi connectivity index (χ1) is 10.4. The normalized spacial score (nSPS) is 15.5. The second-order valence-corrected chi connectivity index (χ2v) is 5.07. The van der Waals surface area contributed by atoms with Crippen LogP contribution in [0.25, 0.3) is 0 Å². The summed E-state index contributed by atoms with van der Waals surface area (Å²) in [6.45, 7) is 1.95. The molecular weight excluding hydrogens is 292 g/mol. The SMILES string of the molecule is CCOc1ccc(C(=O)NC2(C(=O)O)CCC2)cc1[N+](=O)[O-]. The van der Waals surface area contributed by atoms with Crippen LogP contribution in [-0.4, -0.2) is 34.1 Å². The van der Waals surface area contributed by atoms with Crippen molar-refractivity contribution in [2.75, 3.05) is 6.61 Å². The lowest BCUT2D eigenvalue weighted by Gasteiger charge is -2.38. The fourth-order valence-electron chi connectivity index (χ4n) is 2.29. The Morgan fingerprint density at radius 1 is 1.45 bits per heavy atom. The van der Waals surface area contributed by atoms with E-state index in [0.29, 0.717) is 12.8 Å². The van der Waals surface area contributed by atoms with Crippen LogP contribution in [-0.2, 0) is 4.79 Å². The number of carboxylic acid groups (broad SMARTS) is 1. The smallest absolute Gasteiger partial charge is 0.329 e. The Balaban J connectivity index is 2.25. The Labute approximate surface area is 126 Å². The Morgan fingerprint density at radius 2 is 2.14 bits per heavy atom. The first kappa shape index (κ1) is 15.7. The molecule has 2 N–H and O–H groups in total. The predicted octanol–water partition coefficient (Wildman–Crippen LogP) is 1.73. The van der Waals surface area contributed by atoms with Crippen molar-refractivity contribution in [2.45, 2.75) is 31.7 Å². The van der Waals surface area contributed by atoms with Crippen molar-refractivity contribution in [1.29, 1.82) is 0 Å². The van der Waals surface area contributed by atoms with Gasteiger partial charge in [0.2, 0.25) is 0 Å². The second kappa shape index (κ2) is 6.00. The summed E-state index contributed by atoms with van der Waals surface area (Å²) < 4.78 is 5.14. The van der Waals surface area contributed by atoms with E-state index >= 15 is 0 Å². The minimum atomic E-state index is -1.26. The molecule has 0 aliphatic heterocycles. The van der Waals surface area contributed by atoms with Gasteiger partial charge in [-0.2, -0.15) is 0 Å². The molecule has 2 rings (SSSR count). The third-order valence-electron chi connectivity index (χ3n) is 3.69. The van der Waals surface area contributed by atoms with Crippen LogP contribution in [0.5, 0.6) is 5.75 Å². The molecule has 0 bridgehead atoms. The van der Waals surface area contributed by atoms with Gasteiger partial charge in [-0.15, -0.1) is 0 Å². The summed E-state index contributed by atoms with van der Waals surface area (Å²) in [7, 11) is 0. The quantitative estimate of drug-likeness (QED) is 0.610. The molecule has 0 unspecified atom stereocenters. The van der Waals surface area contributed by atoms with E-state index in [-0.39, 0.29) is 23.6 Å². The Kier molecular flexibility index (Phi) is 4.30. The van der Waals surface area contributed by atoms with Crippen LogP contribution in [0.3, 0.4) is 0 Å². The highest BCUT2D eigenvalue weighted by Crippen LogP contribution is 2.33. The topological polar surface area (TPSA) is 119 Å². The van der Waals surface area contributed by atoms with Crippen molar-refractivity contribution < 1.29 is 24.4 Å². The van der Waals surface area contributed by atoms with E-state index in [4.69, 9.17) is 4.74 Å². The van der Waals surface area contributed by atoms with Crippen LogP contribution < -0.4 is 10.1 Å². The summed E-state index contributed by atoms with van der Waals surface area (Å²) in [4.78, 5) is 33.8. The maximum absolute atomic E-state index is 12.2. The molecule has 1 aliphatic rings. The number of amides is 1. The number of benzene rings is 1. The number of ether oxygens (including phenoxy) is 1. The number of carboxylic acids is 1. The minimum Gasteiger partial charge on any atom is -0.487 e. The summed E-state index contributed by atoms with van der Waals surface area (Å²) in [6.07, 6.45) is 1.43. The number of hydrogen-bond acceptors (Lipinski definition) is 5. The molecule has 0 radical (unpaired) electrons. The average molecular weight is 308 g/mol. The van der Waals surface area contributed by atoms with Crippen LogP contribution in [0, 0.1) is 10.1 Å². The van der Waals surface area contributed by atoms with Gasteiger partial charge in [-0.05, 0) is 38.3 Å². The highest BCUT2D eigenvalue weighted by molar-refractivity contribution is 5.98. The van der Waals surface area contributed by atoms with E-state index in [0.717, 1.165) is 12.5 Å². The number of nitro groups is 1. The maximum Gasteiger partial charge on any atom is 0.329 e. The number of carbonyl (C=O) groups excluding carboxylic acids is 1. The predicted molar refractivity (Wildman–Crippen MR) is 75.9 cm³/mol. The van der Waals surface area contributed by atoms with Gasteiger partial charge < -0.3 is 15.2 Å². The van der Waals surface area contributed by atoms with Crippen LogP contribution in [0.1, 0.15) is 36.5 Å². The van der Waals surface area contributed by atoms with E-state index in [1.54, 1.807) is 6.92 Å². The summed E-state index contributed by atoms with van der Waals surface area (Å²) in [6, 6.07) is 3.81. The third-order valence-corrected chi connectivity index (χ3v) is 3.69. The number of aliphatic carboxylic acids is 1. The van der Waals surface area contributed by atoms with Gasteiger partial charge >= 0.3 is 11.7 Å². The van der Waals surface area contributed by atoms with Crippen molar-refractivity contribution in [3.05, 3.63) is 33.9 Å². The Hall–Kier alpha value is -2.64. The Morgan fingerprint density at radius 3 is 2.59 bits per heavy atom. The number of rotatable bonds is 6. The Bertz CT molecular complexity index is 624. The molecule has 0 atom stereocenters. The van der Waals surface area contributed by atoms with E-state index in [9.17, 15) is 24.8 Å². The highest BCUT2D eigenvalue weighted by atomic mass is 16.6. The van der Waals surface area contributed by atoms with Crippen LogP contribution >= 0.6 is 0 Å². The average Bonchev–Trinajstić information content (AvgIpc) is 2.42. The summed E-state index contributed by atoms with van der Waals surface area (Å²) in [5.41, 5.74) is -1.56. The van der Waals surface area contributed by atoms with Gasteiger partial charge in [0.1, 0.15) is 5.54 Å². The van der Waals surface area contributed by atoms with Gasteiger partial charge in [0.25, 0.3) is 5.91 Å². The largest absolute Gasteiger partial charge is 0.487 e. The molecule has 1 aromatic carbocycles. The van der Waals surface area contributed by atoms with E-state index < -0.39 is 22.3 Å². The van der Waals surface area contributed by atoms with Crippen LogP contribution in [0.4, 0.5) is 5.69 Å². The molecule has 118 valence electrons. The molecule has 0 saturated heterocycles. The fourth-order valence-corrected chi connectivity index (χ4v) is 2.29. The second-order valence-electron chi connectivity index (χ2n) is 5.07. The van der Waals surface area contributed by atoms with E-state index in [2.05, 4.69) is 5.32 Å². The molecule has 0 spiro atoms. The first-order valence-corrected chi connectivity index (χ1v) is 6.87. The number of nitrogens with one attached hydrogen (secondary N) is 1. The lowest BCUT2D eigenvalue weighted by atomic mass is 9.76. The molecule has 1 aliphatic carbocycles. The summed E-state index contributed by atoms with van der Waals surface area (Å²) in [5, 5.41) is 22.7. The lowest BCUT2D eigenvalue weighted by Crippen LogP contribution is -2.59. The van der Waals surface area contributed by atoms with E-state index in [1.165, 1.54) is 12.1 Å². The zero-order chi connectivity index (χ0) is 16.3. The van der Waals surface area contributed by atoms with Crippen molar-refractivity contribution in [3.63, 3.8) is 0 Å². The highest BCUT2D eigenvalue weighted by Gasteiger charge is 2.45. The third kappa shape index (κ3) is 2.85. The molecule has 8 heteroatoms. The fraction of sp³-hybridized carbons (Fsp3) is 0.429. The van der Waals surface area contributed by atoms with Gasteiger partial charge in [0.15, 0.2) is 5.75 Å². The number of nitro benzene ring substituents is 1. The number of nitrogens with zero attached hydrogens (tertiary/aromatic N) is 1. The summed E-state index contributed by atoms with van der Waals surface area (Å²) in [5.74, 6) is -1.67. The van der Waals surface area contributed by atoms with Crippen LogP contribution in [0.2, 0.25) is 0 Å². The van der Waals surface area contributed by atoms with Crippen molar-refractivity contribution >= 4 is 17.6 Å². The van der Waals surface area contributed by atoms with Gasteiger partial charge in [-0.1, -0.05) is 0 Å². The molecule has 1 fully saturated rings. The van der Waals surface area contributed by atoms with Crippen molar-refractivity contribution in [1.82, 2.24) is 5.32 Å². The molecule has 22 heavy (non-hydrogen) atoms. The number of hydrogen-bond donors (Lipinski definition) is 2. The van der Waals surface area contributed by atoms with Crippen molar-refractivity contribution in [2.24, 2.45) is 0 Å². The summed E-state index contributed by atoms with van der Waals surface area (Å²) >= 11 is 0. The molecule has 0 heterocycles. The van der Waals surface area contributed by atoms with Gasteiger partial charge in [-0.25, -0.2) is 4.79 Å².